The van der Waals surface area contributed by atoms with Gasteiger partial charge in [0.1, 0.15) is 0 Å². The van der Waals surface area contributed by atoms with Crippen LogP contribution in [0.25, 0.3) is 0 Å². The van der Waals surface area contributed by atoms with Gasteiger partial charge in [0, 0.05) is 24.0 Å². The predicted octanol–water partition coefficient (Wildman–Crippen LogP) is 0.602. The van der Waals surface area contributed by atoms with Gasteiger partial charge in [-0.3, -0.25) is 4.79 Å². The predicted molar refractivity (Wildman–Crippen MR) is 44.7 cm³/mol. The number of aromatic amines is 1. The molecule has 1 aliphatic carbocycles. The van der Waals surface area contributed by atoms with Crippen LogP contribution in [0.1, 0.15) is 18.9 Å². The zero-order valence-electron chi connectivity index (χ0n) is 6.87. The first-order valence-electron chi connectivity index (χ1n) is 4.04. The van der Waals surface area contributed by atoms with Crippen LogP contribution in [0.15, 0.2) is 23.3 Å². The lowest BCUT2D eigenvalue weighted by Crippen LogP contribution is -2.19. The maximum Gasteiger partial charge on any atom is 0.187 e. The lowest BCUT2D eigenvalue weighted by atomic mass is 10.1. The van der Waals surface area contributed by atoms with Gasteiger partial charge in [0.2, 0.25) is 0 Å². The van der Waals surface area contributed by atoms with E-state index in [1.54, 1.807) is 12.4 Å². The summed E-state index contributed by atoms with van der Waals surface area (Å²) in [4.78, 5) is 14.1. The number of hydrogen-bond donors (Lipinski definition) is 2. The van der Waals surface area contributed by atoms with Gasteiger partial charge in [-0.2, -0.15) is 0 Å². The molecule has 0 radical (unpaired) electrons. The molecule has 0 aromatic carbocycles. The van der Waals surface area contributed by atoms with E-state index in [1.807, 2.05) is 6.92 Å². The van der Waals surface area contributed by atoms with Crippen LogP contribution in [0.3, 0.4) is 0 Å². The van der Waals surface area contributed by atoms with Gasteiger partial charge in [-0.1, -0.05) is 6.92 Å². The maximum atomic E-state index is 11.3. The summed E-state index contributed by atoms with van der Waals surface area (Å²) in [5.41, 5.74) is -0.437. The molecule has 3 heteroatoms. The fourth-order valence-electron chi connectivity index (χ4n) is 1.54. The van der Waals surface area contributed by atoms with Crippen LogP contribution in [0.5, 0.6) is 0 Å². The first-order valence-corrected chi connectivity index (χ1v) is 4.04. The third kappa shape index (κ3) is 0.898. The number of pyridine rings is 1. The van der Waals surface area contributed by atoms with E-state index in [1.165, 1.54) is 6.07 Å². The van der Waals surface area contributed by atoms with Gasteiger partial charge in [0.25, 0.3) is 0 Å². The molecule has 2 N–H and O–H groups in total. The number of hydrogen-bond acceptors (Lipinski definition) is 2. The number of H-pyrrole nitrogens is 1. The number of aliphatic hydroxyl groups is 1. The van der Waals surface area contributed by atoms with Crippen LogP contribution in [0, 0.1) is 5.92 Å². The van der Waals surface area contributed by atoms with Gasteiger partial charge in [-0.15, -0.1) is 0 Å². The Morgan fingerprint density at radius 1 is 1.75 bits per heavy atom. The van der Waals surface area contributed by atoms with E-state index in [2.05, 4.69) is 4.98 Å². The minimum Gasteiger partial charge on any atom is -0.385 e. The summed E-state index contributed by atoms with van der Waals surface area (Å²) in [5, 5.41) is 9.83. The topological polar surface area (TPSA) is 53.1 Å². The summed E-state index contributed by atoms with van der Waals surface area (Å²) in [5.74, 6) is 0.209. The molecule has 0 aliphatic heterocycles. The van der Waals surface area contributed by atoms with Crippen molar-refractivity contribution in [2.24, 2.45) is 5.92 Å². The molecule has 2 unspecified atom stereocenters. The summed E-state index contributed by atoms with van der Waals surface area (Å²) in [6.07, 6.45) is 3.86. The summed E-state index contributed by atoms with van der Waals surface area (Å²) in [7, 11) is 0. The molecule has 1 saturated carbocycles. The van der Waals surface area contributed by atoms with E-state index in [-0.39, 0.29) is 11.3 Å². The Labute approximate surface area is 70.1 Å². The molecule has 0 spiro atoms. The second-order valence-electron chi connectivity index (χ2n) is 3.45. The van der Waals surface area contributed by atoms with Crippen LogP contribution in [0.2, 0.25) is 0 Å². The maximum absolute atomic E-state index is 11.3. The molecular weight excluding hydrogens is 154 g/mol. The fourth-order valence-corrected chi connectivity index (χ4v) is 1.54. The zero-order chi connectivity index (χ0) is 8.77. The minimum atomic E-state index is -0.852. The lowest BCUT2D eigenvalue weighted by Gasteiger charge is -2.06. The first kappa shape index (κ1) is 7.55. The highest BCUT2D eigenvalue weighted by molar-refractivity contribution is 5.26. The van der Waals surface area contributed by atoms with Crippen molar-refractivity contribution in [1.29, 1.82) is 0 Å². The molecule has 2 atom stereocenters. The third-order valence-electron chi connectivity index (χ3n) is 2.56. The summed E-state index contributed by atoms with van der Waals surface area (Å²) < 4.78 is 0. The molecule has 1 heterocycles. The van der Waals surface area contributed by atoms with Crippen molar-refractivity contribution in [2.75, 3.05) is 0 Å². The van der Waals surface area contributed by atoms with Crippen molar-refractivity contribution in [3.8, 4) is 0 Å². The van der Waals surface area contributed by atoms with Crippen molar-refractivity contribution < 1.29 is 5.11 Å². The Bertz CT molecular complexity index is 358. The number of rotatable bonds is 1. The molecule has 1 aromatic heterocycles. The molecule has 0 bridgehead atoms. The Morgan fingerprint density at radius 2 is 2.42 bits per heavy atom. The molecule has 0 saturated heterocycles. The van der Waals surface area contributed by atoms with Crippen LogP contribution < -0.4 is 5.43 Å². The highest BCUT2D eigenvalue weighted by Crippen LogP contribution is 2.49. The van der Waals surface area contributed by atoms with E-state index in [9.17, 15) is 9.90 Å². The Kier molecular flexibility index (Phi) is 1.38. The fraction of sp³-hybridized carbons (Fsp3) is 0.444. The van der Waals surface area contributed by atoms with E-state index >= 15 is 0 Å². The Morgan fingerprint density at radius 3 is 2.92 bits per heavy atom. The molecule has 0 amide bonds. The molecule has 1 fully saturated rings. The average Bonchev–Trinajstić information content (AvgIpc) is 2.61. The quantitative estimate of drug-likeness (QED) is 0.640. The second-order valence-corrected chi connectivity index (χ2v) is 3.45. The van der Waals surface area contributed by atoms with Crippen LogP contribution >= 0.6 is 0 Å². The summed E-state index contributed by atoms with van der Waals surface area (Å²) in [6.45, 7) is 1.94. The summed E-state index contributed by atoms with van der Waals surface area (Å²) >= 11 is 0. The SMILES string of the molecule is CC1CC1(O)c1c[nH]ccc1=O. The van der Waals surface area contributed by atoms with Gasteiger partial charge in [-0.05, 0) is 12.3 Å². The van der Waals surface area contributed by atoms with Crippen molar-refractivity contribution in [3.05, 3.63) is 34.2 Å². The molecule has 2 rings (SSSR count). The molecule has 64 valence electrons. The largest absolute Gasteiger partial charge is 0.385 e. The number of aromatic nitrogens is 1. The molecular formula is C9H11NO2. The molecule has 1 aliphatic rings. The van der Waals surface area contributed by atoms with Crippen molar-refractivity contribution in [1.82, 2.24) is 4.98 Å². The second kappa shape index (κ2) is 2.20. The van der Waals surface area contributed by atoms with Crippen LogP contribution in [0.4, 0.5) is 0 Å². The molecule has 12 heavy (non-hydrogen) atoms. The Hall–Kier alpha value is -1.09. The smallest absolute Gasteiger partial charge is 0.187 e. The van der Waals surface area contributed by atoms with Gasteiger partial charge >= 0.3 is 0 Å². The van der Waals surface area contributed by atoms with Crippen LogP contribution in [-0.2, 0) is 5.60 Å². The minimum absolute atomic E-state index is 0.0828. The van der Waals surface area contributed by atoms with E-state index < -0.39 is 5.60 Å². The normalized spacial score (nSPS) is 33.3. The average molecular weight is 165 g/mol. The van der Waals surface area contributed by atoms with E-state index in [0.29, 0.717) is 12.0 Å². The summed E-state index contributed by atoms with van der Waals surface area (Å²) in [6, 6.07) is 1.44. The van der Waals surface area contributed by atoms with Crippen molar-refractivity contribution in [2.45, 2.75) is 18.9 Å². The van der Waals surface area contributed by atoms with Crippen molar-refractivity contribution >= 4 is 0 Å². The third-order valence-corrected chi connectivity index (χ3v) is 2.56. The van der Waals surface area contributed by atoms with Gasteiger partial charge in [0.15, 0.2) is 5.43 Å². The van der Waals surface area contributed by atoms with Gasteiger partial charge < -0.3 is 10.1 Å². The first-order chi connectivity index (χ1) is 5.64. The monoisotopic (exact) mass is 165 g/mol. The van der Waals surface area contributed by atoms with Crippen molar-refractivity contribution in [3.63, 3.8) is 0 Å². The molecule has 3 nitrogen and oxygen atoms in total. The number of nitrogens with one attached hydrogen (secondary N) is 1. The molecule has 1 aromatic rings. The van der Waals surface area contributed by atoms with Gasteiger partial charge in [0.05, 0.1) is 5.60 Å². The Balaban J connectivity index is 2.49. The zero-order valence-corrected chi connectivity index (χ0v) is 6.87. The highest BCUT2D eigenvalue weighted by Gasteiger charge is 2.52. The van der Waals surface area contributed by atoms with E-state index in [4.69, 9.17) is 0 Å². The standard InChI is InChI=1S/C9H11NO2/c1-6-4-9(6,12)7-5-10-3-2-8(7)11/h2-3,5-6,12H,4H2,1H3,(H,10,11). The lowest BCUT2D eigenvalue weighted by molar-refractivity contribution is 0.133. The van der Waals surface area contributed by atoms with Crippen LogP contribution in [-0.4, -0.2) is 10.1 Å². The van der Waals surface area contributed by atoms with E-state index in [0.717, 1.165) is 0 Å². The highest BCUT2D eigenvalue weighted by atomic mass is 16.3. The van der Waals surface area contributed by atoms with Gasteiger partial charge in [-0.25, -0.2) is 0 Å².